The van der Waals surface area contributed by atoms with E-state index in [1.165, 1.54) is 6.42 Å². The fraction of sp³-hybridized carbons (Fsp3) is 0.500. The minimum Gasteiger partial charge on any atom is -0.474 e. The van der Waals surface area contributed by atoms with Gasteiger partial charge in [-0.15, -0.1) is 0 Å². The van der Waals surface area contributed by atoms with Crippen molar-refractivity contribution < 1.29 is 4.74 Å². The number of anilines is 2. The molecule has 13 heavy (non-hydrogen) atoms. The zero-order valence-corrected chi connectivity index (χ0v) is 7.23. The molecular formula is C8H12N4O. The van der Waals surface area contributed by atoms with Crippen molar-refractivity contribution in [2.24, 2.45) is 0 Å². The quantitative estimate of drug-likeness (QED) is 0.694. The van der Waals surface area contributed by atoms with Crippen LogP contribution in [0, 0.1) is 0 Å². The number of aromatic nitrogens is 2. The molecule has 0 aliphatic heterocycles. The largest absolute Gasteiger partial charge is 0.474 e. The van der Waals surface area contributed by atoms with E-state index in [0.717, 1.165) is 12.8 Å². The van der Waals surface area contributed by atoms with E-state index >= 15 is 0 Å². The monoisotopic (exact) mass is 180 g/mol. The van der Waals surface area contributed by atoms with Gasteiger partial charge in [0.2, 0.25) is 11.8 Å². The highest BCUT2D eigenvalue weighted by Crippen LogP contribution is 2.24. The van der Waals surface area contributed by atoms with E-state index in [-0.39, 0.29) is 12.1 Å². The highest BCUT2D eigenvalue weighted by molar-refractivity contribution is 5.38. The minimum atomic E-state index is 0.161. The summed E-state index contributed by atoms with van der Waals surface area (Å²) < 4.78 is 5.50. The summed E-state index contributed by atoms with van der Waals surface area (Å²) in [6.45, 7) is 0. The number of ether oxygens (including phenoxy) is 1. The lowest BCUT2D eigenvalue weighted by molar-refractivity contribution is 0.115. The highest BCUT2D eigenvalue weighted by atomic mass is 16.5. The van der Waals surface area contributed by atoms with E-state index in [9.17, 15) is 0 Å². The number of rotatable bonds is 2. The Labute approximate surface area is 76.1 Å². The SMILES string of the molecule is Nc1cc(OC2CCC2)nc(N)n1. The van der Waals surface area contributed by atoms with Crippen LogP contribution in [0.25, 0.3) is 0 Å². The zero-order valence-electron chi connectivity index (χ0n) is 7.23. The molecule has 2 rings (SSSR count). The molecule has 0 bridgehead atoms. The molecule has 1 saturated carbocycles. The zero-order chi connectivity index (χ0) is 9.26. The molecule has 1 heterocycles. The highest BCUT2D eigenvalue weighted by Gasteiger charge is 2.19. The third-order valence-electron chi connectivity index (χ3n) is 2.08. The second-order valence-corrected chi connectivity index (χ2v) is 3.16. The Balaban J connectivity index is 2.10. The van der Waals surface area contributed by atoms with Crippen LogP contribution in [-0.2, 0) is 0 Å². The minimum absolute atomic E-state index is 0.161. The average Bonchev–Trinajstić information content (AvgIpc) is 1.95. The summed E-state index contributed by atoms with van der Waals surface area (Å²) in [6, 6.07) is 1.59. The van der Waals surface area contributed by atoms with Crippen LogP contribution in [0.2, 0.25) is 0 Å². The van der Waals surface area contributed by atoms with Crippen molar-refractivity contribution in [3.63, 3.8) is 0 Å². The van der Waals surface area contributed by atoms with Crippen molar-refractivity contribution in [3.8, 4) is 5.88 Å². The van der Waals surface area contributed by atoms with Crippen molar-refractivity contribution in [3.05, 3.63) is 6.07 Å². The van der Waals surface area contributed by atoms with Gasteiger partial charge in [0.15, 0.2) is 0 Å². The lowest BCUT2D eigenvalue weighted by Crippen LogP contribution is -2.25. The van der Waals surface area contributed by atoms with Crippen molar-refractivity contribution in [1.82, 2.24) is 9.97 Å². The first-order chi connectivity index (χ1) is 6.24. The predicted octanol–water partition coefficient (Wildman–Crippen LogP) is 0.572. The maximum atomic E-state index is 5.50. The van der Waals surface area contributed by atoms with Gasteiger partial charge in [-0.3, -0.25) is 0 Å². The molecule has 1 aliphatic rings. The normalized spacial score (nSPS) is 16.6. The standard InChI is InChI=1S/C8H12N4O/c9-6-4-7(12-8(10)11-6)13-5-2-1-3-5/h4-5H,1-3H2,(H4,9,10,11,12). The van der Waals surface area contributed by atoms with Crippen LogP contribution in [0.4, 0.5) is 11.8 Å². The molecule has 1 aromatic rings. The van der Waals surface area contributed by atoms with Gasteiger partial charge in [-0.25, -0.2) is 0 Å². The predicted molar refractivity (Wildman–Crippen MR) is 49.1 cm³/mol. The Kier molecular flexibility index (Phi) is 1.92. The Morgan fingerprint density at radius 2 is 2.08 bits per heavy atom. The van der Waals surface area contributed by atoms with Gasteiger partial charge in [0.05, 0.1) is 0 Å². The lowest BCUT2D eigenvalue weighted by atomic mass is 9.96. The molecule has 5 nitrogen and oxygen atoms in total. The number of nitrogen functional groups attached to an aromatic ring is 2. The molecule has 4 N–H and O–H groups in total. The Morgan fingerprint density at radius 1 is 1.31 bits per heavy atom. The molecule has 70 valence electrons. The molecule has 0 radical (unpaired) electrons. The van der Waals surface area contributed by atoms with Crippen LogP contribution in [-0.4, -0.2) is 16.1 Å². The van der Waals surface area contributed by atoms with E-state index < -0.39 is 0 Å². The van der Waals surface area contributed by atoms with Crippen molar-refractivity contribution in [1.29, 1.82) is 0 Å². The van der Waals surface area contributed by atoms with Crippen LogP contribution >= 0.6 is 0 Å². The first kappa shape index (κ1) is 8.10. The maximum absolute atomic E-state index is 5.50. The molecule has 5 heteroatoms. The Hall–Kier alpha value is -1.52. The first-order valence-corrected chi connectivity index (χ1v) is 4.31. The number of nitrogens with zero attached hydrogens (tertiary/aromatic N) is 2. The summed E-state index contributed by atoms with van der Waals surface area (Å²) in [5, 5.41) is 0. The summed E-state index contributed by atoms with van der Waals surface area (Å²) in [5.74, 6) is 0.992. The fourth-order valence-electron chi connectivity index (χ4n) is 1.18. The summed E-state index contributed by atoms with van der Waals surface area (Å²) >= 11 is 0. The molecule has 0 unspecified atom stereocenters. The van der Waals surface area contributed by atoms with E-state index in [1.807, 2.05) is 0 Å². The molecule has 0 aromatic carbocycles. The molecule has 1 aliphatic carbocycles. The molecule has 1 aromatic heterocycles. The van der Waals surface area contributed by atoms with E-state index in [1.54, 1.807) is 6.07 Å². The Morgan fingerprint density at radius 3 is 2.62 bits per heavy atom. The third-order valence-corrected chi connectivity index (χ3v) is 2.08. The van der Waals surface area contributed by atoms with E-state index in [4.69, 9.17) is 16.2 Å². The molecule has 0 saturated heterocycles. The van der Waals surface area contributed by atoms with Crippen LogP contribution in [0.5, 0.6) is 5.88 Å². The molecule has 0 spiro atoms. The van der Waals surface area contributed by atoms with Crippen LogP contribution in [0.15, 0.2) is 6.07 Å². The number of hydrogen-bond donors (Lipinski definition) is 2. The van der Waals surface area contributed by atoms with Gasteiger partial charge in [0.25, 0.3) is 0 Å². The molecule has 0 atom stereocenters. The van der Waals surface area contributed by atoms with E-state index in [2.05, 4.69) is 9.97 Å². The van der Waals surface area contributed by atoms with Crippen molar-refractivity contribution in [2.45, 2.75) is 25.4 Å². The van der Waals surface area contributed by atoms with Gasteiger partial charge in [-0.05, 0) is 19.3 Å². The average molecular weight is 180 g/mol. The summed E-state index contributed by atoms with van der Waals surface area (Å²) in [4.78, 5) is 7.67. The van der Waals surface area contributed by atoms with E-state index in [0.29, 0.717) is 11.7 Å². The van der Waals surface area contributed by atoms with Crippen molar-refractivity contribution >= 4 is 11.8 Å². The third kappa shape index (κ3) is 1.80. The van der Waals surface area contributed by atoms with Gasteiger partial charge in [-0.1, -0.05) is 0 Å². The molecular weight excluding hydrogens is 168 g/mol. The van der Waals surface area contributed by atoms with Gasteiger partial charge in [0, 0.05) is 6.07 Å². The van der Waals surface area contributed by atoms with Gasteiger partial charge in [0.1, 0.15) is 11.9 Å². The maximum Gasteiger partial charge on any atom is 0.225 e. The topological polar surface area (TPSA) is 87.0 Å². The van der Waals surface area contributed by atoms with Gasteiger partial charge < -0.3 is 16.2 Å². The number of nitrogens with two attached hydrogens (primary N) is 2. The lowest BCUT2D eigenvalue weighted by Gasteiger charge is -2.25. The number of hydrogen-bond acceptors (Lipinski definition) is 5. The summed E-state index contributed by atoms with van der Waals surface area (Å²) in [7, 11) is 0. The first-order valence-electron chi connectivity index (χ1n) is 4.31. The molecule has 1 fully saturated rings. The second-order valence-electron chi connectivity index (χ2n) is 3.16. The van der Waals surface area contributed by atoms with Crippen LogP contribution in [0.3, 0.4) is 0 Å². The van der Waals surface area contributed by atoms with Crippen molar-refractivity contribution in [2.75, 3.05) is 11.5 Å². The second kappa shape index (κ2) is 3.08. The summed E-state index contributed by atoms with van der Waals surface area (Å²) in [6.07, 6.45) is 3.68. The fourth-order valence-corrected chi connectivity index (χ4v) is 1.18. The Bertz CT molecular complexity index is 291. The smallest absolute Gasteiger partial charge is 0.225 e. The summed E-state index contributed by atoms with van der Waals surface area (Å²) in [5.41, 5.74) is 10.9. The van der Waals surface area contributed by atoms with Crippen LogP contribution < -0.4 is 16.2 Å². The van der Waals surface area contributed by atoms with Gasteiger partial charge in [-0.2, -0.15) is 9.97 Å². The molecule has 0 amide bonds. The van der Waals surface area contributed by atoms with Crippen LogP contribution in [0.1, 0.15) is 19.3 Å². The van der Waals surface area contributed by atoms with Gasteiger partial charge >= 0.3 is 0 Å².